The molecule has 6 nitrogen and oxygen atoms in total. The summed E-state index contributed by atoms with van der Waals surface area (Å²) >= 11 is 3.39. The first-order chi connectivity index (χ1) is 11.1. The highest BCUT2D eigenvalue weighted by molar-refractivity contribution is 9.10. The van der Waals surface area contributed by atoms with Gasteiger partial charge in [0.1, 0.15) is 12.4 Å². The second-order valence-corrected chi connectivity index (χ2v) is 5.37. The predicted molar refractivity (Wildman–Crippen MR) is 92.2 cm³/mol. The highest BCUT2D eigenvalue weighted by Crippen LogP contribution is 2.24. The van der Waals surface area contributed by atoms with Crippen molar-refractivity contribution in [2.24, 2.45) is 0 Å². The van der Waals surface area contributed by atoms with Crippen molar-refractivity contribution < 1.29 is 19.1 Å². The fourth-order valence-corrected chi connectivity index (χ4v) is 1.99. The Morgan fingerprint density at radius 1 is 1.30 bits per heavy atom. The number of benzene rings is 1. The number of nitrogens with one attached hydrogen (secondary N) is 2. The minimum Gasteiger partial charge on any atom is -0.491 e. The molecule has 0 aliphatic heterocycles. The maximum atomic E-state index is 11.7. The second-order valence-electron chi connectivity index (χ2n) is 4.45. The van der Waals surface area contributed by atoms with Gasteiger partial charge in [-0.3, -0.25) is 9.59 Å². The molecule has 0 atom stereocenters. The molecule has 1 aromatic rings. The Hall–Kier alpha value is -1.86. The smallest absolute Gasteiger partial charge is 0.244 e. The Kier molecular flexibility index (Phi) is 9.01. The molecular weight excluding hydrogens is 364 g/mol. The Balaban J connectivity index is 2.65. The van der Waals surface area contributed by atoms with E-state index in [4.69, 9.17) is 9.47 Å². The average molecular weight is 385 g/mol. The molecule has 0 fully saturated rings. The molecule has 0 radical (unpaired) electrons. The van der Waals surface area contributed by atoms with Gasteiger partial charge in [-0.25, -0.2) is 0 Å². The number of likely N-dealkylation sites (N-methyl/N-ethyl adjacent to an activating group) is 1. The van der Waals surface area contributed by atoms with Crippen molar-refractivity contribution in [1.29, 1.82) is 0 Å². The van der Waals surface area contributed by atoms with E-state index in [0.29, 0.717) is 25.6 Å². The summed E-state index contributed by atoms with van der Waals surface area (Å²) in [5.74, 6) is 0.0475. The summed E-state index contributed by atoms with van der Waals surface area (Å²) in [5.41, 5.74) is 0.756. The van der Waals surface area contributed by atoms with Crippen molar-refractivity contribution in [2.45, 2.75) is 6.92 Å². The van der Waals surface area contributed by atoms with E-state index in [2.05, 4.69) is 26.6 Å². The van der Waals surface area contributed by atoms with Crippen LogP contribution in [0.15, 0.2) is 28.7 Å². The molecule has 7 heteroatoms. The summed E-state index contributed by atoms with van der Waals surface area (Å²) in [5, 5.41) is 4.92. The first-order valence-electron chi connectivity index (χ1n) is 7.23. The van der Waals surface area contributed by atoms with Crippen molar-refractivity contribution in [3.05, 3.63) is 34.3 Å². The van der Waals surface area contributed by atoms with E-state index < -0.39 is 0 Å². The number of hydrogen-bond acceptors (Lipinski definition) is 4. The summed E-state index contributed by atoms with van der Waals surface area (Å²) in [6, 6.07) is 5.52. The number of ether oxygens (including phenoxy) is 2. The highest BCUT2D eigenvalue weighted by atomic mass is 79.9. The highest BCUT2D eigenvalue weighted by Gasteiger charge is 2.04. The first kappa shape index (κ1) is 19.2. The zero-order valence-corrected chi connectivity index (χ0v) is 14.8. The lowest BCUT2D eigenvalue weighted by Gasteiger charge is -2.10. The number of halogens is 1. The molecule has 0 aliphatic rings. The molecule has 2 amide bonds. The number of hydrogen-bond donors (Lipinski definition) is 2. The lowest BCUT2D eigenvalue weighted by atomic mass is 10.2. The summed E-state index contributed by atoms with van der Waals surface area (Å²) < 4.78 is 11.8. The average Bonchev–Trinajstić information content (AvgIpc) is 2.55. The van der Waals surface area contributed by atoms with Crippen LogP contribution in [0.1, 0.15) is 12.5 Å². The molecule has 126 valence electrons. The van der Waals surface area contributed by atoms with E-state index in [9.17, 15) is 9.59 Å². The minimum atomic E-state index is -0.353. The predicted octanol–water partition coefficient (Wildman–Crippen LogP) is 1.74. The zero-order valence-electron chi connectivity index (χ0n) is 13.2. The summed E-state index contributed by atoms with van der Waals surface area (Å²) in [7, 11) is 1.51. The summed E-state index contributed by atoms with van der Waals surface area (Å²) in [6.07, 6.45) is 3.00. The molecule has 0 aliphatic carbocycles. The van der Waals surface area contributed by atoms with E-state index >= 15 is 0 Å². The topological polar surface area (TPSA) is 76.7 Å². The van der Waals surface area contributed by atoms with Crippen LogP contribution < -0.4 is 15.4 Å². The quantitative estimate of drug-likeness (QED) is 0.502. The van der Waals surface area contributed by atoms with Gasteiger partial charge in [0, 0.05) is 29.8 Å². The zero-order chi connectivity index (χ0) is 17.1. The lowest BCUT2D eigenvalue weighted by molar-refractivity contribution is -0.123. The van der Waals surface area contributed by atoms with E-state index in [-0.39, 0.29) is 18.4 Å². The van der Waals surface area contributed by atoms with Crippen LogP contribution in [0.2, 0.25) is 0 Å². The normalized spacial score (nSPS) is 10.6. The summed E-state index contributed by atoms with van der Waals surface area (Å²) in [6.45, 7) is 3.44. The molecule has 0 aromatic heterocycles. The number of carbonyl (C=O) groups excluding carboxylic acids is 2. The number of amides is 2. The van der Waals surface area contributed by atoms with E-state index in [1.165, 1.54) is 13.1 Å². The van der Waals surface area contributed by atoms with Crippen LogP contribution in [0.3, 0.4) is 0 Å². The molecule has 0 saturated carbocycles. The lowest BCUT2D eigenvalue weighted by Crippen LogP contribution is -2.34. The molecule has 0 bridgehead atoms. The van der Waals surface area contributed by atoms with Gasteiger partial charge in [0.25, 0.3) is 0 Å². The van der Waals surface area contributed by atoms with E-state index in [0.717, 1.165) is 10.0 Å². The van der Waals surface area contributed by atoms with Crippen molar-refractivity contribution in [1.82, 2.24) is 10.6 Å². The third kappa shape index (κ3) is 7.80. The minimum absolute atomic E-state index is 0.0597. The molecular formula is C16H21BrN2O4. The second kappa shape index (κ2) is 10.8. The fraction of sp³-hybridized carbons (Fsp3) is 0.375. The SMILES string of the molecule is CCOCCOc1ccc(Br)cc1/C=C/C(=O)NCC(=O)NC. The maximum absolute atomic E-state index is 11.7. The third-order valence-corrected chi connectivity index (χ3v) is 3.27. The van der Waals surface area contributed by atoms with Gasteiger partial charge in [0.15, 0.2) is 0 Å². The van der Waals surface area contributed by atoms with Crippen LogP contribution in [0.4, 0.5) is 0 Å². The first-order valence-corrected chi connectivity index (χ1v) is 8.02. The number of rotatable bonds is 9. The fourth-order valence-electron chi connectivity index (χ4n) is 1.62. The van der Waals surface area contributed by atoms with Gasteiger partial charge >= 0.3 is 0 Å². The van der Waals surface area contributed by atoms with Gasteiger partial charge in [0.2, 0.25) is 11.8 Å². The molecule has 0 unspecified atom stereocenters. The molecule has 1 aromatic carbocycles. The molecule has 0 heterocycles. The molecule has 23 heavy (non-hydrogen) atoms. The maximum Gasteiger partial charge on any atom is 0.244 e. The monoisotopic (exact) mass is 384 g/mol. The van der Waals surface area contributed by atoms with Gasteiger partial charge in [-0.2, -0.15) is 0 Å². The molecule has 0 saturated heterocycles. The van der Waals surface area contributed by atoms with Crippen LogP contribution in [-0.2, 0) is 14.3 Å². The van der Waals surface area contributed by atoms with Crippen LogP contribution in [-0.4, -0.2) is 45.2 Å². The van der Waals surface area contributed by atoms with Gasteiger partial charge in [-0.05, 0) is 31.2 Å². The Bertz CT molecular complexity index is 561. The van der Waals surface area contributed by atoms with E-state index in [1.807, 2.05) is 25.1 Å². The molecule has 1 rings (SSSR count). The Morgan fingerprint density at radius 3 is 2.78 bits per heavy atom. The van der Waals surface area contributed by atoms with Gasteiger partial charge in [-0.15, -0.1) is 0 Å². The Morgan fingerprint density at radius 2 is 2.09 bits per heavy atom. The van der Waals surface area contributed by atoms with Crippen LogP contribution in [0, 0.1) is 0 Å². The molecule has 0 spiro atoms. The summed E-state index contributed by atoms with van der Waals surface area (Å²) in [4.78, 5) is 22.8. The van der Waals surface area contributed by atoms with Gasteiger partial charge in [0.05, 0.1) is 13.2 Å². The largest absolute Gasteiger partial charge is 0.491 e. The van der Waals surface area contributed by atoms with Gasteiger partial charge < -0.3 is 20.1 Å². The Labute approximate surface area is 144 Å². The van der Waals surface area contributed by atoms with Crippen LogP contribution in [0.5, 0.6) is 5.75 Å². The van der Waals surface area contributed by atoms with Crippen molar-refractivity contribution in [2.75, 3.05) is 33.4 Å². The van der Waals surface area contributed by atoms with E-state index in [1.54, 1.807) is 6.08 Å². The van der Waals surface area contributed by atoms with Crippen molar-refractivity contribution in [3.8, 4) is 5.75 Å². The number of carbonyl (C=O) groups is 2. The van der Waals surface area contributed by atoms with Crippen molar-refractivity contribution in [3.63, 3.8) is 0 Å². The van der Waals surface area contributed by atoms with Crippen LogP contribution >= 0.6 is 15.9 Å². The molecule has 2 N–H and O–H groups in total. The van der Waals surface area contributed by atoms with Crippen molar-refractivity contribution >= 4 is 33.8 Å². The standard InChI is InChI=1S/C16H21BrN2O4/c1-3-22-8-9-23-14-6-5-13(17)10-12(14)4-7-15(20)19-11-16(21)18-2/h4-7,10H,3,8-9,11H2,1-2H3,(H,18,21)(H,19,20)/b7-4+. The van der Waals surface area contributed by atoms with Crippen LogP contribution in [0.25, 0.3) is 6.08 Å². The third-order valence-electron chi connectivity index (χ3n) is 2.78. The van der Waals surface area contributed by atoms with Gasteiger partial charge in [-0.1, -0.05) is 15.9 Å².